The Kier molecular flexibility index (Phi) is 4.06. The minimum absolute atomic E-state index is 0.0585. The molecule has 4 heteroatoms. The van der Waals surface area contributed by atoms with Gasteiger partial charge in [-0.25, -0.2) is 4.39 Å². The van der Waals surface area contributed by atoms with Crippen molar-refractivity contribution in [3.63, 3.8) is 0 Å². The Balaban J connectivity index is 2.09. The molecule has 0 spiro atoms. The van der Waals surface area contributed by atoms with Crippen LogP contribution in [0.2, 0.25) is 0 Å². The van der Waals surface area contributed by atoms with Gasteiger partial charge in [-0.15, -0.1) is 0 Å². The third-order valence-corrected chi connectivity index (χ3v) is 3.84. The molecule has 1 N–H and O–H groups in total. The number of ketones is 1. The summed E-state index contributed by atoms with van der Waals surface area (Å²) in [5, 5.41) is 4.10. The van der Waals surface area contributed by atoms with E-state index in [1.165, 1.54) is 13.0 Å². The van der Waals surface area contributed by atoms with Crippen LogP contribution in [0.15, 0.2) is 48.5 Å². The number of hydrogen-bond donors (Lipinski definition) is 1. The highest BCUT2D eigenvalue weighted by molar-refractivity contribution is 6.08. The molecule has 1 heterocycles. The van der Waals surface area contributed by atoms with Crippen molar-refractivity contribution in [3.8, 4) is 0 Å². The highest BCUT2D eigenvalue weighted by atomic mass is 19.1. The lowest BCUT2D eigenvalue weighted by Crippen LogP contribution is -2.10. The van der Waals surface area contributed by atoms with Crippen LogP contribution in [0.3, 0.4) is 0 Å². The Morgan fingerprint density at radius 2 is 1.83 bits per heavy atom. The molecular formula is C19H17FN2O. The summed E-state index contributed by atoms with van der Waals surface area (Å²) in [4.78, 5) is 16.6. The van der Waals surface area contributed by atoms with Gasteiger partial charge >= 0.3 is 0 Å². The Morgan fingerprint density at radius 1 is 1.13 bits per heavy atom. The zero-order chi connectivity index (χ0) is 16.4. The van der Waals surface area contributed by atoms with Crippen molar-refractivity contribution in [1.29, 1.82) is 0 Å². The SMILES string of the molecule is CC(=O)c1c(C)nc2ccccc2c1NCc1ccccc1F. The predicted octanol–water partition coefficient (Wildman–Crippen LogP) is 4.50. The van der Waals surface area contributed by atoms with E-state index in [-0.39, 0.29) is 11.6 Å². The number of nitrogens with zero attached hydrogens (tertiary/aromatic N) is 1. The first-order valence-electron chi connectivity index (χ1n) is 7.45. The van der Waals surface area contributed by atoms with Crippen LogP contribution in [0.4, 0.5) is 10.1 Å². The van der Waals surface area contributed by atoms with Crippen LogP contribution in [0.1, 0.15) is 28.5 Å². The van der Waals surface area contributed by atoms with Gasteiger partial charge in [0.2, 0.25) is 0 Å². The fourth-order valence-electron chi connectivity index (χ4n) is 2.77. The van der Waals surface area contributed by atoms with E-state index in [4.69, 9.17) is 0 Å². The van der Waals surface area contributed by atoms with Crippen molar-refractivity contribution in [2.45, 2.75) is 20.4 Å². The second kappa shape index (κ2) is 6.16. The fourth-order valence-corrected chi connectivity index (χ4v) is 2.77. The summed E-state index contributed by atoms with van der Waals surface area (Å²) in [6.07, 6.45) is 0. The maximum absolute atomic E-state index is 13.8. The zero-order valence-corrected chi connectivity index (χ0v) is 13.1. The monoisotopic (exact) mass is 308 g/mol. The topological polar surface area (TPSA) is 42.0 Å². The van der Waals surface area contributed by atoms with Crippen molar-refractivity contribution in [2.75, 3.05) is 5.32 Å². The van der Waals surface area contributed by atoms with E-state index < -0.39 is 0 Å². The van der Waals surface area contributed by atoms with Crippen LogP contribution in [0.5, 0.6) is 0 Å². The van der Waals surface area contributed by atoms with E-state index >= 15 is 0 Å². The largest absolute Gasteiger partial charge is 0.380 e. The van der Waals surface area contributed by atoms with Crippen molar-refractivity contribution in [1.82, 2.24) is 4.98 Å². The van der Waals surface area contributed by atoms with Crippen LogP contribution in [0.25, 0.3) is 10.9 Å². The van der Waals surface area contributed by atoms with Crippen molar-refractivity contribution in [2.24, 2.45) is 0 Å². The summed E-state index contributed by atoms with van der Waals surface area (Å²) in [5.41, 5.74) is 3.31. The first-order chi connectivity index (χ1) is 11.1. The minimum Gasteiger partial charge on any atom is -0.380 e. The van der Waals surface area contributed by atoms with E-state index in [9.17, 15) is 9.18 Å². The van der Waals surface area contributed by atoms with Gasteiger partial charge in [0.1, 0.15) is 5.82 Å². The molecule has 116 valence electrons. The van der Waals surface area contributed by atoms with Gasteiger partial charge in [-0.2, -0.15) is 0 Å². The third kappa shape index (κ3) is 2.93. The third-order valence-electron chi connectivity index (χ3n) is 3.84. The lowest BCUT2D eigenvalue weighted by molar-refractivity contribution is 0.101. The number of anilines is 1. The maximum atomic E-state index is 13.8. The van der Waals surface area contributed by atoms with Gasteiger partial charge in [0, 0.05) is 17.5 Å². The number of fused-ring (bicyclic) bond motifs is 1. The summed E-state index contributed by atoms with van der Waals surface area (Å²) >= 11 is 0. The van der Waals surface area contributed by atoms with Gasteiger partial charge in [-0.1, -0.05) is 36.4 Å². The van der Waals surface area contributed by atoms with E-state index in [0.29, 0.717) is 29.1 Å². The average Bonchev–Trinajstić information content (AvgIpc) is 2.53. The number of aryl methyl sites for hydroxylation is 1. The number of halogens is 1. The number of carbonyl (C=O) groups is 1. The molecule has 0 aliphatic rings. The van der Waals surface area contributed by atoms with Gasteiger partial charge in [-0.05, 0) is 26.0 Å². The molecule has 0 aliphatic carbocycles. The molecule has 0 radical (unpaired) electrons. The fraction of sp³-hybridized carbons (Fsp3) is 0.158. The summed E-state index contributed by atoms with van der Waals surface area (Å²) in [7, 11) is 0. The molecule has 3 rings (SSSR count). The molecular weight excluding hydrogens is 291 g/mol. The van der Waals surface area contributed by atoms with Crippen LogP contribution in [0, 0.1) is 12.7 Å². The molecule has 0 atom stereocenters. The molecule has 0 saturated heterocycles. The predicted molar refractivity (Wildman–Crippen MR) is 90.2 cm³/mol. The number of nitrogens with one attached hydrogen (secondary N) is 1. The second-order valence-corrected chi connectivity index (χ2v) is 5.47. The number of benzene rings is 2. The molecule has 0 fully saturated rings. The zero-order valence-electron chi connectivity index (χ0n) is 13.1. The first-order valence-corrected chi connectivity index (χ1v) is 7.45. The summed E-state index contributed by atoms with van der Waals surface area (Å²) < 4.78 is 13.8. The highest BCUT2D eigenvalue weighted by Crippen LogP contribution is 2.29. The number of hydrogen-bond acceptors (Lipinski definition) is 3. The summed E-state index contributed by atoms with van der Waals surface area (Å²) in [5.74, 6) is -0.323. The number of pyridine rings is 1. The van der Waals surface area contributed by atoms with E-state index in [1.807, 2.05) is 31.2 Å². The molecule has 0 amide bonds. The molecule has 3 nitrogen and oxygen atoms in total. The van der Waals surface area contributed by atoms with Gasteiger partial charge in [0.15, 0.2) is 5.78 Å². The molecule has 2 aromatic carbocycles. The van der Waals surface area contributed by atoms with Crippen molar-refractivity contribution >= 4 is 22.4 Å². The number of para-hydroxylation sites is 1. The second-order valence-electron chi connectivity index (χ2n) is 5.47. The lowest BCUT2D eigenvalue weighted by Gasteiger charge is -2.15. The van der Waals surface area contributed by atoms with E-state index in [2.05, 4.69) is 10.3 Å². The maximum Gasteiger partial charge on any atom is 0.163 e. The molecule has 23 heavy (non-hydrogen) atoms. The Labute approximate surface area is 134 Å². The highest BCUT2D eigenvalue weighted by Gasteiger charge is 2.16. The van der Waals surface area contributed by atoms with Gasteiger partial charge < -0.3 is 5.32 Å². The summed E-state index contributed by atoms with van der Waals surface area (Å²) in [6.45, 7) is 3.64. The average molecular weight is 308 g/mol. The Hall–Kier alpha value is -2.75. The molecule has 1 aromatic heterocycles. The minimum atomic E-state index is -0.264. The van der Waals surface area contributed by atoms with Crippen LogP contribution < -0.4 is 5.32 Å². The smallest absolute Gasteiger partial charge is 0.163 e. The van der Waals surface area contributed by atoms with Crippen LogP contribution in [-0.2, 0) is 6.54 Å². The van der Waals surface area contributed by atoms with Crippen molar-refractivity contribution < 1.29 is 9.18 Å². The standard InChI is InChI=1S/C19H17FN2O/c1-12-18(13(2)23)19(15-8-4-6-10-17(15)22-12)21-11-14-7-3-5-9-16(14)20/h3-10H,11H2,1-2H3,(H,21,22). The van der Waals surface area contributed by atoms with E-state index in [0.717, 1.165) is 10.9 Å². The number of aromatic nitrogens is 1. The van der Waals surface area contributed by atoms with Gasteiger partial charge in [0.05, 0.1) is 22.5 Å². The molecule has 0 aliphatic heterocycles. The van der Waals surface area contributed by atoms with Crippen LogP contribution in [-0.4, -0.2) is 10.8 Å². The molecule has 0 bridgehead atoms. The van der Waals surface area contributed by atoms with E-state index in [1.54, 1.807) is 18.2 Å². The first kappa shape index (κ1) is 15.2. The van der Waals surface area contributed by atoms with Gasteiger partial charge in [-0.3, -0.25) is 9.78 Å². The van der Waals surface area contributed by atoms with Gasteiger partial charge in [0.25, 0.3) is 0 Å². The molecule has 0 unspecified atom stereocenters. The Bertz CT molecular complexity index is 890. The molecule has 0 saturated carbocycles. The molecule has 3 aromatic rings. The number of Topliss-reactive ketones (excluding diaryl/α,β-unsaturated/α-hetero) is 1. The Morgan fingerprint density at radius 3 is 2.57 bits per heavy atom. The normalized spacial score (nSPS) is 10.7. The number of rotatable bonds is 4. The van der Waals surface area contributed by atoms with Crippen molar-refractivity contribution in [3.05, 3.63) is 71.2 Å². The quantitative estimate of drug-likeness (QED) is 0.722. The lowest BCUT2D eigenvalue weighted by atomic mass is 10.0. The number of carbonyl (C=O) groups excluding carboxylic acids is 1. The van der Waals surface area contributed by atoms with Crippen LogP contribution >= 0.6 is 0 Å². The summed E-state index contributed by atoms with van der Waals surface area (Å²) in [6, 6.07) is 14.2.